The van der Waals surface area contributed by atoms with Crippen LogP contribution in [0.4, 0.5) is 13.2 Å². The van der Waals surface area contributed by atoms with Gasteiger partial charge in [-0.25, -0.2) is 9.59 Å². The van der Waals surface area contributed by atoms with Crippen LogP contribution in [0.5, 0.6) is 0 Å². The molecular formula is C18H25F3O4. The van der Waals surface area contributed by atoms with Crippen LogP contribution in [0.15, 0.2) is 12.2 Å². The van der Waals surface area contributed by atoms with Crippen LogP contribution in [0.1, 0.15) is 46.5 Å². The molecule has 0 radical (unpaired) electrons. The lowest BCUT2D eigenvalue weighted by Gasteiger charge is -2.53. The number of esters is 2. The maximum Gasteiger partial charge on any atom is 0.490 e. The summed E-state index contributed by atoms with van der Waals surface area (Å²) in [4.78, 5) is 23.4. The molecule has 0 aromatic heterocycles. The summed E-state index contributed by atoms with van der Waals surface area (Å²) in [7, 11) is 0. The van der Waals surface area contributed by atoms with Gasteiger partial charge in [0.1, 0.15) is 6.61 Å². The van der Waals surface area contributed by atoms with Crippen molar-refractivity contribution in [3.05, 3.63) is 12.2 Å². The van der Waals surface area contributed by atoms with Crippen molar-refractivity contribution in [1.82, 2.24) is 0 Å². The van der Waals surface area contributed by atoms with E-state index in [2.05, 4.69) is 6.58 Å². The Balaban J connectivity index is 2.31. The van der Waals surface area contributed by atoms with Gasteiger partial charge in [0, 0.05) is 11.5 Å². The Kier molecular flexibility index (Phi) is 5.54. The fraction of sp³-hybridized carbons (Fsp3) is 0.778. The quantitative estimate of drug-likeness (QED) is 0.559. The predicted molar refractivity (Wildman–Crippen MR) is 84.4 cm³/mol. The highest BCUT2D eigenvalue weighted by atomic mass is 19.4. The molecule has 4 nitrogen and oxygen atoms in total. The Morgan fingerprint density at radius 3 is 2.36 bits per heavy atom. The fourth-order valence-electron chi connectivity index (χ4n) is 4.44. The Morgan fingerprint density at radius 2 is 1.80 bits per heavy atom. The number of fused-ring (bicyclic) bond motifs is 2. The Morgan fingerprint density at radius 1 is 1.16 bits per heavy atom. The third-order valence-electron chi connectivity index (χ3n) is 5.54. The zero-order valence-electron chi connectivity index (χ0n) is 14.8. The number of alkyl halides is 3. The number of carbonyl (C=O) groups is 2. The Labute approximate surface area is 145 Å². The van der Waals surface area contributed by atoms with Crippen molar-refractivity contribution in [2.45, 2.75) is 58.2 Å². The van der Waals surface area contributed by atoms with Crippen LogP contribution in [0, 0.1) is 23.7 Å². The highest BCUT2D eigenvalue weighted by Gasteiger charge is 2.57. The molecule has 0 aromatic carbocycles. The van der Waals surface area contributed by atoms with Gasteiger partial charge in [-0.15, -0.1) is 0 Å². The minimum Gasteiger partial charge on any atom is -0.458 e. The first kappa shape index (κ1) is 19.8. The van der Waals surface area contributed by atoms with Crippen LogP contribution in [0.2, 0.25) is 0 Å². The van der Waals surface area contributed by atoms with E-state index in [9.17, 15) is 22.8 Å². The van der Waals surface area contributed by atoms with Crippen molar-refractivity contribution in [1.29, 1.82) is 0 Å². The molecule has 7 heteroatoms. The lowest BCUT2D eigenvalue weighted by Crippen LogP contribution is -2.58. The summed E-state index contributed by atoms with van der Waals surface area (Å²) >= 11 is 0. The van der Waals surface area contributed by atoms with Gasteiger partial charge in [0.15, 0.2) is 5.60 Å². The summed E-state index contributed by atoms with van der Waals surface area (Å²) < 4.78 is 48.7. The summed E-state index contributed by atoms with van der Waals surface area (Å²) in [6, 6.07) is 0. The van der Waals surface area contributed by atoms with Crippen LogP contribution in [0.3, 0.4) is 0 Å². The molecule has 0 heterocycles. The largest absolute Gasteiger partial charge is 0.490 e. The van der Waals surface area contributed by atoms with Crippen molar-refractivity contribution in [3.63, 3.8) is 0 Å². The van der Waals surface area contributed by atoms with E-state index in [1.54, 1.807) is 6.92 Å². The van der Waals surface area contributed by atoms with E-state index in [1.807, 2.05) is 6.92 Å². The molecule has 2 bridgehead atoms. The molecule has 142 valence electrons. The second-order valence-electron chi connectivity index (χ2n) is 7.71. The molecule has 5 unspecified atom stereocenters. The van der Waals surface area contributed by atoms with Gasteiger partial charge < -0.3 is 9.47 Å². The maximum absolute atomic E-state index is 12.8. The number of rotatable bonds is 4. The molecule has 2 aliphatic carbocycles. The van der Waals surface area contributed by atoms with Crippen LogP contribution >= 0.6 is 0 Å². The van der Waals surface area contributed by atoms with Crippen molar-refractivity contribution in [2.24, 2.45) is 23.7 Å². The van der Waals surface area contributed by atoms with Gasteiger partial charge in [-0.05, 0) is 50.4 Å². The molecule has 0 spiro atoms. The van der Waals surface area contributed by atoms with Gasteiger partial charge in [-0.1, -0.05) is 20.4 Å². The first-order valence-corrected chi connectivity index (χ1v) is 8.58. The molecule has 0 saturated heterocycles. The summed E-state index contributed by atoms with van der Waals surface area (Å²) in [6.07, 6.45) is -2.07. The third-order valence-corrected chi connectivity index (χ3v) is 5.54. The standard InChI is InChI=1S/C18H25F3O4/c1-10(2)15(22)24-9-17(25-16(23)18(19,20)21)12(4)7-13-5-11(3)6-14(17)8-13/h11-14H,1,5-9H2,2-4H3. The van der Waals surface area contributed by atoms with Gasteiger partial charge in [0.2, 0.25) is 0 Å². The molecule has 0 aromatic rings. The second kappa shape index (κ2) is 7.00. The average Bonchev–Trinajstić information content (AvgIpc) is 2.47. The van der Waals surface area contributed by atoms with Gasteiger partial charge in [0.05, 0.1) is 0 Å². The minimum atomic E-state index is -5.08. The third kappa shape index (κ3) is 4.18. The fourth-order valence-corrected chi connectivity index (χ4v) is 4.44. The van der Waals surface area contributed by atoms with E-state index in [1.165, 1.54) is 6.92 Å². The topological polar surface area (TPSA) is 52.6 Å². The van der Waals surface area contributed by atoms with E-state index in [0.717, 1.165) is 6.42 Å². The van der Waals surface area contributed by atoms with Crippen LogP contribution < -0.4 is 0 Å². The lowest BCUT2D eigenvalue weighted by molar-refractivity contribution is -0.241. The predicted octanol–water partition coefficient (Wildman–Crippen LogP) is 4.04. The molecule has 0 N–H and O–H groups in total. The molecule has 2 rings (SSSR count). The van der Waals surface area contributed by atoms with E-state index in [-0.39, 0.29) is 24.0 Å². The molecular weight excluding hydrogens is 337 g/mol. The summed E-state index contributed by atoms with van der Waals surface area (Å²) in [6.45, 7) is 8.38. The van der Waals surface area contributed by atoms with E-state index < -0.39 is 23.7 Å². The summed E-state index contributed by atoms with van der Waals surface area (Å²) in [5.74, 6) is -2.76. The van der Waals surface area contributed by atoms with Crippen LogP contribution in [-0.4, -0.2) is 30.3 Å². The lowest BCUT2D eigenvalue weighted by atomic mass is 9.58. The first-order chi connectivity index (χ1) is 11.5. The molecule has 2 saturated carbocycles. The van der Waals surface area contributed by atoms with Crippen LogP contribution in [-0.2, 0) is 19.1 Å². The second-order valence-corrected chi connectivity index (χ2v) is 7.71. The smallest absolute Gasteiger partial charge is 0.458 e. The van der Waals surface area contributed by atoms with Gasteiger partial charge in [-0.2, -0.15) is 13.2 Å². The number of ether oxygens (including phenoxy) is 2. The molecule has 25 heavy (non-hydrogen) atoms. The molecule has 5 atom stereocenters. The zero-order chi connectivity index (χ0) is 19.0. The molecule has 0 amide bonds. The molecule has 2 aliphatic rings. The van der Waals surface area contributed by atoms with Crippen molar-refractivity contribution in [2.75, 3.05) is 6.61 Å². The van der Waals surface area contributed by atoms with Crippen molar-refractivity contribution in [3.8, 4) is 0 Å². The van der Waals surface area contributed by atoms with E-state index in [0.29, 0.717) is 31.1 Å². The first-order valence-electron chi connectivity index (χ1n) is 8.58. The Hall–Kier alpha value is -1.53. The van der Waals surface area contributed by atoms with Gasteiger partial charge in [-0.3, -0.25) is 0 Å². The van der Waals surface area contributed by atoms with Crippen LogP contribution in [0.25, 0.3) is 0 Å². The maximum atomic E-state index is 12.8. The average molecular weight is 362 g/mol. The number of halogens is 3. The molecule has 0 aliphatic heterocycles. The highest BCUT2D eigenvalue weighted by molar-refractivity contribution is 5.87. The van der Waals surface area contributed by atoms with Crippen molar-refractivity contribution >= 4 is 11.9 Å². The monoisotopic (exact) mass is 362 g/mol. The SMILES string of the molecule is C=C(C)C(=O)OCC1(OC(=O)C(F)(F)F)C(C)CC2CC(C)CC1C2. The summed E-state index contributed by atoms with van der Waals surface area (Å²) in [5.41, 5.74) is -1.29. The zero-order valence-corrected chi connectivity index (χ0v) is 14.8. The number of hydrogen-bond donors (Lipinski definition) is 0. The van der Waals surface area contributed by atoms with E-state index >= 15 is 0 Å². The van der Waals surface area contributed by atoms with Gasteiger partial charge in [0.25, 0.3) is 0 Å². The summed E-state index contributed by atoms with van der Waals surface area (Å²) in [5, 5.41) is 0. The van der Waals surface area contributed by atoms with Crippen molar-refractivity contribution < 1.29 is 32.2 Å². The minimum absolute atomic E-state index is 0.149. The normalized spacial score (nSPS) is 35.0. The number of hydrogen-bond acceptors (Lipinski definition) is 4. The molecule has 2 fully saturated rings. The number of carbonyl (C=O) groups excluding carboxylic acids is 2. The highest BCUT2D eigenvalue weighted by Crippen LogP contribution is 2.52. The van der Waals surface area contributed by atoms with E-state index in [4.69, 9.17) is 9.47 Å². The van der Waals surface area contributed by atoms with Gasteiger partial charge >= 0.3 is 18.1 Å². The Bertz CT molecular complexity index is 553.